The van der Waals surface area contributed by atoms with Crippen LogP contribution in [0, 0.1) is 0 Å². The van der Waals surface area contributed by atoms with E-state index in [4.69, 9.17) is 4.74 Å². The van der Waals surface area contributed by atoms with Crippen molar-refractivity contribution in [3.63, 3.8) is 0 Å². The Kier molecular flexibility index (Phi) is 4.18. The third kappa shape index (κ3) is 3.54. The summed E-state index contributed by atoms with van der Waals surface area (Å²) in [5.41, 5.74) is 1.12. The molecule has 2 atom stereocenters. The van der Waals surface area contributed by atoms with Crippen LogP contribution >= 0.6 is 0 Å². The summed E-state index contributed by atoms with van der Waals surface area (Å²) in [4.78, 5) is 4.45. The molecule has 1 fully saturated rings. The van der Waals surface area contributed by atoms with Crippen LogP contribution < -0.4 is 5.32 Å². The number of nitrogens with one attached hydrogen (secondary N) is 1. The lowest BCUT2D eigenvalue weighted by Crippen LogP contribution is -2.25. The fourth-order valence-electron chi connectivity index (χ4n) is 2.22. The SMILES string of the molecule is CC(C)NCc1cn(C2CCOC(C)C2)cn1. The highest BCUT2D eigenvalue weighted by atomic mass is 16.5. The van der Waals surface area contributed by atoms with E-state index in [1.807, 2.05) is 6.33 Å². The predicted molar refractivity (Wildman–Crippen MR) is 67.9 cm³/mol. The molecule has 1 saturated heterocycles. The highest BCUT2D eigenvalue weighted by Gasteiger charge is 2.20. The van der Waals surface area contributed by atoms with Crippen LogP contribution in [0.25, 0.3) is 0 Å². The van der Waals surface area contributed by atoms with E-state index in [-0.39, 0.29) is 0 Å². The standard InChI is InChI=1S/C13H23N3O/c1-10(2)14-7-12-8-16(9-15-12)13-4-5-17-11(3)6-13/h8-11,13-14H,4-7H2,1-3H3. The summed E-state index contributed by atoms with van der Waals surface area (Å²) >= 11 is 0. The van der Waals surface area contributed by atoms with Crippen LogP contribution in [0.5, 0.6) is 0 Å². The second-order valence-corrected chi connectivity index (χ2v) is 5.21. The molecular weight excluding hydrogens is 214 g/mol. The number of ether oxygens (including phenoxy) is 1. The van der Waals surface area contributed by atoms with Gasteiger partial charge in [0.15, 0.2) is 0 Å². The second kappa shape index (κ2) is 5.65. The zero-order valence-corrected chi connectivity index (χ0v) is 11.0. The van der Waals surface area contributed by atoms with Gasteiger partial charge < -0.3 is 14.6 Å². The van der Waals surface area contributed by atoms with E-state index in [0.717, 1.165) is 31.7 Å². The zero-order valence-electron chi connectivity index (χ0n) is 11.0. The van der Waals surface area contributed by atoms with Gasteiger partial charge in [-0.05, 0) is 19.8 Å². The van der Waals surface area contributed by atoms with Gasteiger partial charge >= 0.3 is 0 Å². The van der Waals surface area contributed by atoms with Gasteiger partial charge in [-0.15, -0.1) is 0 Å². The minimum absolute atomic E-state index is 0.369. The van der Waals surface area contributed by atoms with Crippen molar-refractivity contribution < 1.29 is 4.74 Å². The Morgan fingerprint density at radius 2 is 2.41 bits per heavy atom. The normalized spacial score (nSPS) is 25.4. The second-order valence-electron chi connectivity index (χ2n) is 5.21. The zero-order chi connectivity index (χ0) is 12.3. The number of hydrogen-bond acceptors (Lipinski definition) is 3. The molecular formula is C13H23N3O. The van der Waals surface area contributed by atoms with E-state index >= 15 is 0 Å². The quantitative estimate of drug-likeness (QED) is 0.872. The third-order valence-corrected chi connectivity index (χ3v) is 3.23. The van der Waals surface area contributed by atoms with Crippen LogP contribution in [-0.2, 0) is 11.3 Å². The topological polar surface area (TPSA) is 39.1 Å². The van der Waals surface area contributed by atoms with E-state index in [0.29, 0.717) is 18.2 Å². The molecule has 1 aliphatic rings. The van der Waals surface area contributed by atoms with Gasteiger partial charge in [0.25, 0.3) is 0 Å². The van der Waals surface area contributed by atoms with Crippen LogP contribution in [0.15, 0.2) is 12.5 Å². The van der Waals surface area contributed by atoms with E-state index in [2.05, 4.69) is 41.8 Å². The minimum Gasteiger partial charge on any atom is -0.378 e. The first kappa shape index (κ1) is 12.6. The Bertz CT molecular complexity index is 348. The van der Waals surface area contributed by atoms with Crippen molar-refractivity contribution in [1.29, 1.82) is 0 Å². The van der Waals surface area contributed by atoms with Crippen molar-refractivity contribution in [3.05, 3.63) is 18.2 Å². The molecule has 1 aromatic heterocycles. The molecule has 0 saturated carbocycles. The largest absolute Gasteiger partial charge is 0.378 e. The summed E-state index contributed by atoms with van der Waals surface area (Å²) in [7, 11) is 0. The molecule has 0 bridgehead atoms. The molecule has 1 aliphatic heterocycles. The van der Waals surface area contributed by atoms with E-state index in [1.165, 1.54) is 0 Å². The average molecular weight is 237 g/mol. The summed E-state index contributed by atoms with van der Waals surface area (Å²) in [6.45, 7) is 8.16. The molecule has 4 nitrogen and oxygen atoms in total. The third-order valence-electron chi connectivity index (χ3n) is 3.23. The predicted octanol–water partition coefficient (Wildman–Crippen LogP) is 2.12. The summed E-state index contributed by atoms with van der Waals surface area (Å²) in [5, 5.41) is 3.39. The molecule has 0 aromatic carbocycles. The average Bonchev–Trinajstić information content (AvgIpc) is 2.75. The monoisotopic (exact) mass is 237 g/mol. The lowest BCUT2D eigenvalue weighted by molar-refractivity contribution is 0.00592. The molecule has 0 radical (unpaired) electrons. The molecule has 2 rings (SSSR count). The summed E-state index contributed by atoms with van der Waals surface area (Å²) in [6, 6.07) is 1.06. The maximum Gasteiger partial charge on any atom is 0.0952 e. The van der Waals surface area contributed by atoms with Gasteiger partial charge in [-0.2, -0.15) is 0 Å². The molecule has 17 heavy (non-hydrogen) atoms. The van der Waals surface area contributed by atoms with Crippen molar-refractivity contribution in [3.8, 4) is 0 Å². The molecule has 0 aliphatic carbocycles. The summed E-state index contributed by atoms with van der Waals surface area (Å²) in [5.74, 6) is 0. The number of aromatic nitrogens is 2. The molecule has 0 spiro atoms. The van der Waals surface area contributed by atoms with Crippen LogP contribution in [0.2, 0.25) is 0 Å². The Hall–Kier alpha value is -0.870. The Morgan fingerprint density at radius 1 is 1.59 bits per heavy atom. The molecule has 2 unspecified atom stereocenters. The maximum atomic E-state index is 5.57. The van der Waals surface area contributed by atoms with Gasteiger partial charge in [-0.25, -0.2) is 4.98 Å². The van der Waals surface area contributed by atoms with Gasteiger partial charge in [0.2, 0.25) is 0 Å². The Morgan fingerprint density at radius 3 is 3.12 bits per heavy atom. The molecule has 1 aromatic rings. The smallest absolute Gasteiger partial charge is 0.0952 e. The first-order valence-corrected chi connectivity index (χ1v) is 6.52. The molecule has 96 valence electrons. The molecule has 4 heteroatoms. The van der Waals surface area contributed by atoms with Gasteiger partial charge in [0.1, 0.15) is 0 Å². The van der Waals surface area contributed by atoms with Crippen molar-refractivity contribution >= 4 is 0 Å². The van der Waals surface area contributed by atoms with Crippen molar-refractivity contribution in [1.82, 2.24) is 14.9 Å². The molecule has 1 N–H and O–H groups in total. The van der Waals surface area contributed by atoms with E-state index in [1.54, 1.807) is 0 Å². The fourth-order valence-corrected chi connectivity index (χ4v) is 2.22. The van der Waals surface area contributed by atoms with Gasteiger partial charge in [0.05, 0.1) is 18.1 Å². The fraction of sp³-hybridized carbons (Fsp3) is 0.769. The van der Waals surface area contributed by atoms with Gasteiger partial charge in [-0.1, -0.05) is 13.8 Å². The van der Waals surface area contributed by atoms with Crippen molar-refractivity contribution in [2.24, 2.45) is 0 Å². The first-order valence-electron chi connectivity index (χ1n) is 6.52. The Labute approximate surface area is 103 Å². The highest BCUT2D eigenvalue weighted by Crippen LogP contribution is 2.24. The highest BCUT2D eigenvalue weighted by molar-refractivity contribution is 4.98. The summed E-state index contributed by atoms with van der Waals surface area (Å²) < 4.78 is 7.82. The van der Waals surface area contributed by atoms with E-state index < -0.39 is 0 Å². The Balaban J connectivity index is 1.92. The van der Waals surface area contributed by atoms with Crippen LogP contribution in [0.3, 0.4) is 0 Å². The number of rotatable bonds is 4. The number of hydrogen-bond donors (Lipinski definition) is 1. The molecule has 0 amide bonds. The maximum absolute atomic E-state index is 5.57. The molecule has 2 heterocycles. The lowest BCUT2D eigenvalue weighted by Gasteiger charge is -2.28. The number of nitrogens with zero attached hydrogens (tertiary/aromatic N) is 2. The van der Waals surface area contributed by atoms with Crippen LogP contribution in [-0.4, -0.2) is 28.3 Å². The lowest BCUT2D eigenvalue weighted by atomic mass is 10.0. The van der Waals surface area contributed by atoms with E-state index in [9.17, 15) is 0 Å². The van der Waals surface area contributed by atoms with Crippen molar-refractivity contribution in [2.75, 3.05) is 6.61 Å². The first-order chi connectivity index (χ1) is 8.15. The van der Waals surface area contributed by atoms with Gasteiger partial charge in [0, 0.05) is 31.4 Å². The minimum atomic E-state index is 0.369. The van der Waals surface area contributed by atoms with Crippen LogP contribution in [0.4, 0.5) is 0 Å². The summed E-state index contributed by atoms with van der Waals surface area (Å²) in [6.07, 6.45) is 6.68. The van der Waals surface area contributed by atoms with Crippen LogP contribution in [0.1, 0.15) is 45.3 Å². The number of imidazole rings is 1. The van der Waals surface area contributed by atoms with Gasteiger partial charge in [-0.3, -0.25) is 0 Å². The van der Waals surface area contributed by atoms with Crippen molar-refractivity contribution in [2.45, 2.75) is 58.3 Å².